The van der Waals surface area contributed by atoms with Crippen molar-refractivity contribution in [3.8, 4) is 28.8 Å². The van der Waals surface area contributed by atoms with Crippen molar-refractivity contribution in [2.45, 2.75) is 0 Å². The van der Waals surface area contributed by atoms with Gasteiger partial charge in [0.1, 0.15) is 0 Å². The molecule has 1 N–H and O–H groups in total. The monoisotopic (exact) mass is 332 g/mol. The maximum atomic E-state index is 6.88. The predicted octanol–water partition coefficient (Wildman–Crippen LogP) is 3.45. The van der Waals surface area contributed by atoms with Crippen LogP contribution in [0.25, 0.3) is 22.5 Å². The summed E-state index contributed by atoms with van der Waals surface area (Å²) in [6.07, 6.45) is 4.33. The Kier molecular flexibility index (Phi) is 7.32. The van der Waals surface area contributed by atoms with E-state index in [1.165, 1.54) is 0 Å². The summed E-state index contributed by atoms with van der Waals surface area (Å²) < 4.78 is 0. The van der Waals surface area contributed by atoms with Crippen LogP contribution in [0.5, 0.6) is 0 Å². The second-order valence-electron chi connectivity index (χ2n) is 4.01. The molecule has 0 aliphatic rings. The van der Waals surface area contributed by atoms with E-state index >= 15 is 0 Å². The first kappa shape index (κ1) is 17.4. The summed E-state index contributed by atoms with van der Waals surface area (Å²) in [4.78, 5) is 8.66. The van der Waals surface area contributed by atoms with Gasteiger partial charge >= 0.3 is 0 Å². The molecule has 2 aromatic heterocycles. The first-order valence-electron chi connectivity index (χ1n) is 6.23. The average molecular weight is 333 g/mol. The van der Waals surface area contributed by atoms with E-state index in [0.717, 1.165) is 28.8 Å². The topological polar surface area (TPSA) is 69.8 Å². The number of nitrogens with zero attached hydrogens (tertiary/aromatic N) is 3. The van der Waals surface area contributed by atoms with Gasteiger partial charge in [-0.3, -0.25) is 9.97 Å². The molecule has 3 aromatic rings. The number of aliphatic hydroxyl groups excluding tert-OH is 1. The molecule has 0 saturated heterocycles. The predicted molar refractivity (Wildman–Crippen MR) is 79.3 cm³/mol. The molecule has 112 valence electrons. The Balaban J connectivity index is 0.000000562. The van der Waals surface area contributed by atoms with Gasteiger partial charge in [0, 0.05) is 40.3 Å². The molecule has 0 spiro atoms. The largest absolute Gasteiger partial charge is 0.443 e. The quantitative estimate of drug-likeness (QED) is 0.443. The number of rotatable bonds is 2. The zero-order chi connectivity index (χ0) is 14.9. The zero-order valence-corrected chi connectivity index (χ0v) is 12.4. The van der Waals surface area contributed by atoms with E-state index < -0.39 is 0 Å². The number of pyridine rings is 2. The molecular weight excluding hydrogens is 321 g/mol. The minimum atomic E-state index is 0. The van der Waals surface area contributed by atoms with Crippen LogP contribution in [0.15, 0.2) is 67.0 Å². The molecule has 0 bridgehead atoms. The number of benzene rings is 1. The van der Waals surface area contributed by atoms with Crippen LogP contribution in [0.4, 0.5) is 0 Å². The molecule has 0 saturated carbocycles. The van der Waals surface area contributed by atoms with Crippen LogP contribution in [0.2, 0.25) is 0 Å². The number of hydrogen-bond donors (Lipinski definition) is 1. The van der Waals surface area contributed by atoms with E-state index in [1.54, 1.807) is 12.4 Å². The summed E-state index contributed by atoms with van der Waals surface area (Å²) in [5.41, 5.74) is 3.82. The van der Waals surface area contributed by atoms with Crippen molar-refractivity contribution in [1.29, 1.82) is 5.26 Å². The standard InChI is InChI=1S/C16H11N2.CHNO.Ni/c1-3-10-17-15(8-1)13-6-5-7-14(12-13)16-9-2-4-11-18-16;2-1-3;/h1-11H;3H;/q-1;;. The number of hydrogen-bond acceptors (Lipinski definition) is 4. The van der Waals surface area contributed by atoms with E-state index in [9.17, 15) is 0 Å². The third-order valence-electron chi connectivity index (χ3n) is 2.68. The van der Waals surface area contributed by atoms with Crippen LogP contribution in [-0.4, -0.2) is 15.1 Å². The summed E-state index contributed by atoms with van der Waals surface area (Å²) >= 11 is 0. The van der Waals surface area contributed by atoms with Crippen LogP contribution < -0.4 is 0 Å². The molecule has 0 unspecified atom stereocenters. The fraction of sp³-hybridized carbons (Fsp3) is 0. The first-order chi connectivity index (χ1) is 10.3. The second kappa shape index (κ2) is 9.28. The summed E-state index contributed by atoms with van der Waals surface area (Å²) in [5, 5.41) is 13.8. The molecule has 0 aliphatic heterocycles. The van der Waals surface area contributed by atoms with Crippen molar-refractivity contribution in [2.75, 3.05) is 0 Å². The van der Waals surface area contributed by atoms with E-state index in [1.807, 2.05) is 54.6 Å². The Bertz CT molecular complexity index is 673. The SMILES string of the molecule is N#CO.[Ni].[c-]1c(-c2ccccn2)cccc1-c1ccccn1. The number of aliphatic hydroxyl groups is 1. The molecule has 3 rings (SSSR count). The molecule has 5 heteroatoms. The molecule has 0 amide bonds. The number of nitriles is 1. The van der Waals surface area contributed by atoms with Gasteiger partial charge in [-0.05, 0) is 12.1 Å². The van der Waals surface area contributed by atoms with Crippen molar-refractivity contribution in [3.63, 3.8) is 0 Å². The Morgan fingerprint density at radius 1 is 0.818 bits per heavy atom. The van der Waals surface area contributed by atoms with E-state index in [0.29, 0.717) is 0 Å². The van der Waals surface area contributed by atoms with Crippen molar-refractivity contribution in [1.82, 2.24) is 9.97 Å². The van der Waals surface area contributed by atoms with Crippen molar-refractivity contribution in [2.24, 2.45) is 0 Å². The van der Waals surface area contributed by atoms with E-state index in [-0.39, 0.29) is 16.5 Å². The molecule has 0 radical (unpaired) electrons. The Morgan fingerprint density at radius 3 is 1.64 bits per heavy atom. The smallest absolute Gasteiger partial charge is 0.283 e. The number of aromatic nitrogens is 2. The summed E-state index contributed by atoms with van der Waals surface area (Å²) in [6.45, 7) is 0. The molecule has 0 aliphatic carbocycles. The summed E-state index contributed by atoms with van der Waals surface area (Å²) in [7, 11) is 0. The van der Waals surface area contributed by atoms with E-state index in [4.69, 9.17) is 10.4 Å². The minimum absolute atomic E-state index is 0. The second-order valence-corrected chi connectivity index (χ2v) is 4.01. The van der Waals surface area contributed by atoms with Gasteiger partial charge in [-0.1, -0.05) is 35.4 Å². The maximum absolute atomic E-state index is 6.88. The van der Waals surface area contributed by atoms with Crippen molar-refractivity contribution < 1.29 is 21.6 Å². The van der Waals surface area contributed by atoms with Gasteiger partial charge in [0.15, 0.2) is 0 Å². The molecule has 1 aromatic carbocycles. The molecule has 22 heavy (non-hydrogen) atoms. The van der Waals surface area contributed by atoms with Gasteiger partial charge in [0.2, 0.25) is 0 Å². The van der Waals surface area contributed by atoms with Crippen molar-refractivity contribution >= 4 is 0 Å². The summed E-state index contributed by atoms with van der Waals surface area (Å²) in [6, 6.07) is 21.1. The molecular formula is C17H12N3NiO-. The van der Waals surface area contributed by atoms with Gasteiger partial charge in [-0.2, -0.15) is 5.26 Å². The third kappa shape index (κ3) is 4.69. The van der Waals surface area contributed by atoms with Gasteiger partial charge in [0.05, 0.1) is 0 Å². The Hall–Kier alpha value is -2.70. The first-order valence-corrected chi connectivity index (χ1v) is 6.23. The fourth-order valence-electron chi connectivity index (χ4n) is 1.81. The van der Waals surface area contributed by atoms with Crippen LogP contribution in [0.1, 0.15) is 0 Å². The zero-order valence-electron chi connectivity index (χ0n) is 11.5. The Morgan fingerprint density at radius 2 is 1.27 bits per heavy atom. The molecule has 0 fully saturated rings. The normalized spacial score (nSPS) is 8.68. The minimum Gasteiger partial charge on any atom is -0.443 e. The molecule has 0 atom stereocenters. The third-order valence-corrected chi connectivity index (χ3v) is 2.68. The van der Waals surface area contributed by atoms with Gasteiger partial charge in [-0.15, -0.1) is 24.3 Å². The van der Waals surface area contributed by atoms with Crippen LogP contribution in [-0.2, 0) is 16.5 Å². The summed E-state index contributed by atoms with van der Waals surface area (Å²) in [5.74, 6) is 0. The van der Waals surface area contributed by atoms with Crippen LogP contribution in [0.3, 0.4) is 0 Å². The van der Waals surface area contributed by atoms with E-state index in [2.05, 4.69) is 16.0 Å². The average Bonchev–Trinajstić information content (AvgIpc) is 2.57. The van der Waals surface area contributed by atoms with Crippen LogP contribution >= 0.6 is 0 Å². The van der Waals surface area contributed by atoms with Crippen molar-refractivity contribution in [3.05, 3.63) is 73.1 Å². The van der Waals surface area contributed by atoms with Crippen LogP contribution in [0, 0.1) is 17.6 Å². The molecule has 2 heterocycles. The molecule has 4 nitrogen and oxygen atoms in total. The van der Waals surface area contributed by atoms with Gasteiger partial charge in [0.25, 0.3) is 6.26 Å². The Labute approximate surface area is 139 Å². The van der Waals surface area contributed by atoms with Gasteiger partial charge in [-0.25, -0.2) is 0 Å². The van der Waals surface area contributed by atoms with Gasteiger partial charge < -0.3 is 5.11 Å². The maximum Gasteiger partial charge on any atom is 0.283 e. The fourth-order valence-corrected chi connectivity index (χ4v) is 1.81.